The van der Waals surface area contributed by atoms with Crippen molar-refractivity contribution in [1.82, 2.24) is 4.90 Å². The van der Waals surface area contributed by atoms with Gasteiger partial charge in [-0.05, 0) is 24.7 Å². The molecule has 2 N–H and O–H groups in total. The van der Waals surface area contributed by atoms with Gasteiger partial charge in [-0.15, -0.1) is 0 Å². The highest BCUT2D eigenvalue weighted by atomic mass is 35.5. The number of hydrogen-bond acceptors (Lipinski definition) is 2. The molecule has 0 aromatic heterocycles. The highest BCUT2D eigenvalue weighted by Crippen LogP contribution is 2.25. The molecule has 21 heavy (non-hydrogen) atoms. The maximum atomic E-state index is 13.9. The Kier molecular flexibility index (Phi) is 4.94. The lowest BCUT2D eigenvalue weighted by molar-refractivity contribution is -0.123. The van der Waals surface area contributed by atoms with Crippen LogP contribution in [-0.4, -0.2) is 17.9 Å². The van der Waals surface area contributed by atoms with Gasteiger partial charge in [0.15, 0.2) is 0 Å². The number of primary amides is 1. The second-order valence-electron chi connectivity index (χ2n) is 4.83. The minimum Gasteiger partial charge on any atom is -0.368 e. The monoisotopic (exact) mass is 306 g/mol. The molecule has 0 saturated carbocycles. The fourth-order valence-electron chi connectivity index (χ4n) is 2.30. The van der Waals surface area contributed by atoms with E-state index in [2.05, 4.69) is 0 Å². The van der Waals surface area contributed by atoms with Crippen molar-refractivity contribution in [3.8, 4) is 0 Å². The van der Waals surface area contributed by atoms with Crippen LogP contribution in [0.1, 0.15) is 17.2 Å². The molecular formula is C16H16ClFN2O. The van der Waals surface area contributed by atoms with E-state index < -0.39 is 17.8 Å². The van der Waals surface area contributed by atoms with Gasteiger partial charge in [-0.25, -0.2) is 4.39 Å². The van der Waals surface area contributed by atoms with Gasteiger partial charge in [0.05, 0.1) is 0 Å². The number of halogens is 2. The van der Waals surface area contributed by atoms with Crippen molar-refractivity contribution in [2.24, 2.45) is 5.73 Å². The Bertz CT molecular complexity index is 613. The molecule has 2 rings (SSSR count). The van der Waals surface area contributed by atoms with Crippen LogP contribution in [-0.2, 0) is 11.3 Å². The Hall–Kier alpha value is -1.91. The first-order chi connectivity index (χ1) is 10.0. The molecule has 0 heterocycles. The van der Waals surface area contributed by atoms with Crippen LogP contribution in [0.2, 0.25) is 5.02 Å². The SMILES string of the molecule is CN(Cc1c(F)cccc1Cl)[C@H](C(N)=O)c1ccccc1. The lowest BCUT2D eigenvalue weighted by Gasteiger charge is -2.26. The average Bonchev–Trinajstić information content (AvgIpc) is 2.44. The molecule has 1 atom stereocenters. The van der Waals surface area contributed by atoms with Crippen molar-refractivity contribution in [2.75, 3.05) is 7.05 Å². The average molecular weight is 307 g/mol. The normalized spacial score (nSPS) is 12.4. The van der Waals surface area contributed by atoms with Crippen LogP contribution in [0.15, 0.2) is 48.5 Å². The summed E-state index contributed by atoms with van der Waals surface area (Å²) in [7, 11) is 1.71. The summed E-state index contributed by atoms with van der Waals surface area (Å²) in [6, 6.07) is 13.0. The van der Waals surface area contributed by atoms with Gasteiger partial charge in [-0.1, -0.05) is 48.0 Å². The summed E-state index contributed by atoms with van der Waals surface area (Å²) in [5, 5.41) is 0.332. The summed E-state index contributed by atoms with van der Waals surface area (Å²) in [5.41, 5.74) is 6.61. The third-order valence-electron chi connectivity index (χ3n) is 3.29. The highest BCUT2D eigenvalue weighted by molar-refractivity contribution is 6.31. The van der Waals surface area contributed by atoms with Crippen LogP contribution in [0.4, 0.5) is 4.39 Å². The zero-order valence-electron chi connectivity index (χ0n) is 11.6. The maximum Gasteiger partial charge on any atom is 0.239 e. The molecule has 0 aliphatic carbocycles. The van der Waals surface area contributed by atoms with Gasteiger partial charge in [-0.3, -0.25) is 9.69 Å². The van der Waals surface area contributed by atoms with Gasteiger partial charge in [0.2, 0.25) is 5.91 Å². The molecule has 0 saturated heterocycles. The highest BCUT2D eigenvalue weighted by Gasteiger charge is 2.24. The quantitative estimate of drug-likeness (QED) is 0.922. The molecule has 0 aliphatic heterocycles. The van der Waals surface area contributed by atoms with Gasteiger partial charge in [-0.2, -0.15) is 0 Å². The van der Waals surface area contributed by atoms with Gasteiger partial charge < -0.3 is 5.73 Å². The van der Waals surface area contributed by atoms with E-state index in [1.54, 1.807) is 24.1 Å². The minimum absolute atomic E-state index is 0.188. The van der Waals surface area contributed by atoms with Crippen molar-refractivity contribution in [3.05, 3.63) is 70.5 Å². The van der Waals surface area contributed by atoms with E-state index in [-0.39, 0.29) is 6.54 Å². The molecule has 2 aromatic carbocycles. The van der Waals surface area contributed by atoms with Crippen molar-refractivity contribution in [3.63, 3.8) is 0 Å². The number of rotatable bonds is 5. The molecule has 0 radical (unpaired) electrons. The minimum atomic E-state index is -0.637. The summed E-state index contributed by atoms with van der Waals surface area (Å²) >= 11 is 6.02. The molecule has 0 bridgehead atoms. The third-order valence-corrected chi connectivity index (χ3v) is 3.65. The van der Waals surface area contributed by atoms with E-state index in [1.807, 2.05) is 30.3 Å². The van der Waals surface area contributed by atoms with Crippen molar-refractivity contribution in [1.29, 1.82) is 0 Å². The standard InChI is InChI=1S/C16H16ClFN2O/c1-20(10-12-13(17)8-5-9-14(12)18)15(16(19)21)11-6-3-2-4-7-11/h2-9,15H,10H2,1H3,(H2,19,21)/t15-/m0/s1. The van der Waals surface area contributed by atoms with E-state index in [0.29, 0.717) is 10.6 Å². The molecular weight excluding hydrogens is 291 g/mol. The van der Waals surface area contributed by atoms with Crippen molar-refractivity contribution in [2.45, 2.75) is 12.6 Å². The number of benzene rings is 2. The van der Waals surface area contributed by atoms with Crippen molar-refractivity contribution < 1.29 is 9.18 Å². The van der Waals surface area contributed by atoms with Gasteiger partial charge in [0, 0.05) is 17.1 Å². The molecule has 110 valence electrons. The molecule has 0 spiro atoms. The van der Waals surface area contributed by atoms with E-state index >= 15 is 0 Å². The summed E-state index contributed by atoms with van der Waals surface area (Å²) in [6.45, 7) is 0.188. The Balaban J connectivity index is 2.28. The topological polar surface area (TPSA) is 46.3 Å². The number of amides is 1. The lowest BCUT2D eigenvalue weighted by atomic mass is 10.0. The first kappa shape index (κ1) is 15.5. The molecule has 0 fully saturated rings. The maximum absolute atomic E-state index is 13.9. The fourth-order valence-corrected chi connectivity index (χ4v) is 2.52. The number of carbonyl (C=O) groups is 1. The predicted octanol–water partition coefficient (Wildman–Crippen LogP) is 3.14. The zero-order chi connectivity index (χ0) is 15.4. The van der Waals surface area contributed by atoms with E-state index in [0.717, 1.165) is 5.56 Å². The summed E-state index contributed by atoms with van der Waals surface area (Å²) in [4.78, 5) is 13.4. The summed E-state index contributed by atoms with van der Waals surface area (Å²) in [5.74, 6) is -0.887. The first-order valence-corrected chi connectivity index (χ1v) is 6.86. The Labute approximate surface area is 128 Å². The number of hydrogen-bond donors (Lipinski definition) is 1. The number of likely N-dealkylation sites (N-methyl/N-ethyl adjacent to an activating group) is 1. The smallest absolute Gasteiger partial charge is 0.239 e. The fraction of sp³-hybridized carbons (Fsp3) is 0.188. The Morgan fingerprint density at radius 3 is 2.48 bits per heavy atom. The second kappa shape index (κ2) is 6.70. The number of carbonyl (C=O) groups excluding carboxylic acids is 1. The van der Waals surface area contributed by atoms with Gasteiger partial charge in [0.25, 0.3) is 0 Å². The van der Waals surface area contributed by atoms with Crippen LogP contribution in [0, 0.1) is 5.82 Å². The van der Waals surface area contributed by atoms with E-state index in [1.165, 1.54) is 6.07 Å². The zero-order valence-corrected chi connectivity index (χ0v) is 12.3. The van der Waals surface area contributed by atoms with Gasteiger partial charge >= 0.3 is 0 Å². The molecule has 0 aliphatic rings. The van der Waals surface area contributed by atoms with Crippen molar-refractivity contribution >= 4 is 17.5 Å². The Morgan fingerprint density at radius 2 is 1.90 bits per heavy atom. The lowest BCUT2D eigenvalue weighted by Crippen LogP contribution is -2.35. The number of nitrogens with two attached hydrogens (primary N) is 1. The first-order valence-electron chi connectivity index (χ1n) is 6.48. The van der Waals surface area contributed by atoms with E-state index in [9.17, 15) is 9.18 Å². The van der Waals surface area contributed by atoms with Crippen LogP contribution in [0.5, 0.6) is 0 Å². The summed E-state index contributed by atoms with van der Waals surface area (Å²) in [6.07, 6.45) is 0. The van der Waals surface area contributed by atoms with E-state index in [4.69, 9.17) is 17.3 Å². The Morgan fingerprint density at radius 1 is 1.24 bits per heavy atom. The molecule has 0 unspecified atom stereocenters. The number of nitrogens with zero attached hydrogens (tertiary/aromatic N) is 1. The van der Waals surface area contributed by atoms with Crippen LogP contribution in [0.3, 0.4) is 0 Å². The molecule has 1 amide bonds. The van der Waals surface area contributed by atoms with Crippen LogP contribution >= 0.6 is 11.6 Å². The van der Waals surface area contributed by atoms with Gasteiger partial charge in [0.1, 0.15) is 11.9 Å². The van der Waals surface area contributed by atoms with Crippen LogP contribution < -0.4 is 5.73 Å². The molecule has 2 aromatic rings. The predicted molar refractivity (Wildman–Crippen MR) is 81.3 cm³/mol. The largest absolute Gasteiger partial charge is 0.368 e. The molecule has 3 nitrogen and oxygen atoms in total. The molecule has 5 heteroatoms. The second-order valence-corrected chi connectivity index (χ2v) is 5.24. The van der Waals surface area contributed by atoms with Crippen LogP contribution in [0.25, 0.3) is 0 Å². The third kappa shape index (κ3) is 3.60. The summed E-state index contributed by atoms with van der Waals surface area (Å²) < 4.78 is 13.9.